The molecule has 0 bridgehead atoms. The van der Waals surface area contributed by atoms with Crippen LogP contribution in [0.1, 0.15) is 11.1 Å². The van der Waals surface area contributed by atoms with Crippen LogP contribution in [0.25, 0.3) is 0 Å². The van der Waals surface area contributed by atoms with E-state index in [9.17, 15) is 21.6 Å². The number of aryl methyl sites for hydroxylation is 1. The lowest BCUT2D eigenvalue weighted by Crippen LogP contribution is -2.16. The van der Waals surface area contributed by atoms with Gasteiger partial charge in [0.2, 0.25) is 0 Å². The SMILES string of the molecule is Cc1ccc#cc1S(=O)(=O)Nc1cc(C(F)(F)F)c(Br)cc1I. The van der Waals surface area contributed by atoms with Crippen molar-refractivity contribution >= 4 is 54.2 Å². The van der Waals surface area contributed by atoms with Crippen LogP contribution in [0, 0.1) is 22.6 Å². The van der Waals surface area contributed by atoms with Gasteiger partial charge in [-0.3, -0.25) is 4.72 Å². The second kappa shape index (κ2) is 6.49. The second-order valence-corrected chi connectivity index (χ2v) is 8.17. The van der Waals surface area contributed by atoms with E-state index in [1.807, 2.05) is 0 Å². The van der Waals surface area contributed by atoms with Crippen molar-refractivity contribution in [1.82, 2.24) is 0 Å². The molecule has 0 fully saturated rings. The summed E-state index contributed by atoms with van der Waals surface area (Å²) >= 11 is 4.60. The van der Waals surface area contributed by atoms with Crippen molar-refractivity contribution in [2.75, 3.05) is 4.72 Å². The van der Waals surface area contributed by atoms with Gasteiger partial charge in [0, 0.05) is 8.04 Å². The van der Waals surface area contributed by atoms with Crippen LogP contribution in [0.3, 0.4) is 0 Å². The fourth-order valence-corrected chi connectivity index (χ4v) is 4.79. The van der Waals surface area contributed by atoms with E-state index in [-0.39, 0.29) is 15.1 Å². The molecule has 0 heterocycles. The molecule has 23 heavy (non-hydrogen) atoms. The molecule has 2 aromatic carbocycles. The van der Waals surface area contributed by atoms with Crippen LogP contribution >= 0.6 is 38.5 Å². The number of hydrogen-bond donors (Lipinski definition) is 1. The highest BCUT2D eigenvalue weighted by Gasteiger charge is 2.34. The van der Waals surface area contributed by atoms with Gasteiger partial charge in [0.25, 0.3) is 10.0 Å². The highest BCUT2D eigenvalue weighted by Crippen LogP contribution is 2.38. The van der Waals surface area contributed by atoms with Gasteiger partial charge < -0.3 is 0 Å². The summed E-state index contributed by atoms with van der Waals surface area (Å²) in [4.78, 5) is -0.160. The quantitative estimate of drug-likeness (QED) is 0.595. The van der Waals surface area contributed by atoms with Crippen LogP contribution < -0.4 is 4.72 Å². The van der Waals surface area contributed by atoms with E-state index in [1.165, 1.54) is 18.2 Å². The molecule has 2 aromatic rings. The summed E-state index contributed by atoms with van der Waals surface area (Å²) < 4.78 is 65.9. The number of alkyl halides is 3. The van der Waals surface area contributed by atoms with Crippen molar-refractivity contribution in [3.8, 4) is 0 Å². The monoisotopic (exact) mass is 517 g/mol. The highest BCUT2D eigenvalue weighted by molar-refractivity contribution is 14.1. The van der Waals surface area contributed by atoms with Gasteiger partial charge in [-0.05, 0) is 65.4 Å². The Kier molecular flexibility index (Phi) is 5.18. The van der Waals surface area contributed by atoms with Gasteiger partial charge in [0.15, 0.2) is 0 Å². The van der Waals surface area contributed by atoms with Gasteiger partial charge in [0.05, 0.1) is 11.3 Å². The Bertz CT molecular complexity index is 854. The smallest absolute Gasteiger partial charge is 0.278 e. The van der Waals surface area contributed by atoms with Gasteiger partial charge in [-0.25, -0.2) is 8.42 Å². The molecule has 0 spiro atoms. The number of rotatable bonds is 3. The first-order chi connectivity index (χ1) is 10.5. The number of hydrogen-bond acceptors (Lipinski definition) is 2. The minimum Gasteiger partial charge on any atom is -0.278 e. The summed E-state index contributed by atoms with van der Waals surface area (Å²) in [6.45, 7) is 1.56. The third-order valence-corrected chi connectivity index (χ3v) is 5.83. The van der Waals surface area contributed by atoms with Gasteiger partial charge in [-0.2, -0.15) is 13.2 Å². The molecule has 0 aliphatic carbocycles. The van der Waals surface area contributed by atoms with E-state index in [0.717, 1.165) is 6.07 Å². The molecule has 0 aliphatic rings. The van der Waals surface area contributed by atoms with Crippen molar-refractivity contribution in [2.45, 2.75) is 18.0 Å². The standard InChI is InChI=1S/C14H8BrF3INO2S/c1-8-4-2-3-5-13(8)23(21,22)20-12-6-9(14(16,17)18)10(15)7-11(12)19/h2,4,6-7,20H,1H3. The average Bonchev–Trinajstić information content (AvgIpc) is 2.40. The molecular formula is C14H8BrF3INO2S. The van der Waals surface area contributed by atoms with E-state index in [2.05, 4.69) is 32.8 Å². The third kappa shape index (κ3) is 4.10. The van der Waals surface area contributed by atoms with Crippen LogP contribution in [0.4, 0.5) is 18.9 Å². The maximum absolute atomic E-state index is 13.0. The molecule has 3 nitrogen and oxygen atoms in total. The number of halogens is 5. The summed E-state index contributed by atoms with van der Waals surface area (Å²) in [5.41, 5.74) is -0.701. The Balaban J connectivity index is 2.50. The lowest BCUT2D eigenvalue weighted by Gasteiger charge is -2.15. The van der Waals surface area contributed by atoms with Crippen LogP contribution in [0.15, 0.2) is 33.6 Å². The molecule has 0 saturated carbocycles. The minimum absolute atomic E-state index is 0.155. The zero-order chi connectivity index (χ0) is 17.4. The topological polar surface area (TPSA) is 46.2 Å². The molecule has 1 N–H and O–H groups in total. The van der Waals surface area contributed by atoms with E-state index < -0.39 is 21.8 Å². The summed E-state index contributed by atoms with van der Waals surface area (Å²) in [5, 5.41) is 0. The first kappa shape index (κ1) is 18.4. The molecule has 0 atom stereocenters. The van der Waals surface area contributed by atoms with E-state index in [0.29, 0.717) is 9.13 Å². The summed E-state index contributed by atoms with van der Waals surface area (Å²) in [6.07, 6.45) is -4.61. The fourth-order valence-electron chi connectivity index (χ4n) is 1.77. The van der Waals surface area contributed by atoms with Crippen molar-refractivity contribution < 1.29 is 21.6 Å². The first-order valence-corrected chi connectivity index (χ1v) is 9.36. The molecule has 0 saturated heterocycles. The zero-order valence-corrected chi connectivity index (χ0v) is 16.0. The van der Waals surface area contributed by atoms with Gasteiger partial charge in [0.1, 0.15) is 4.90 Å². The molecule has 0 aliphatic heterocycles. The molecule has 0 radical (unpaired) electrons. The molecule has 2 rings (SSSR count). The van der Waals surface area contributed by atoms with Crippen molar-refractivity contribution in [2.24, 2.45) is 0 Å². The molecule has 9 heteroatoms. The number of anilines is 1. The van der Waals surface area contributed by atoms with Gasteiger partial charge >= 0.3 is 6.18 Å². The Hall–Kier alpha value is -0.990. The fraction of sp³-hybridized carbons (Fsp3) is 0.143. The van der Waals surface area contributed by atoms with Crippen molar-refractivity contribution in [3.63, 3.8) is 0 Å². The van der Waals surface area contributed by atoms with Crippen LogP contribution in [-0.4, -0.2) is 8.42 Å². The molecular weight excluding hydrogens is 510 g/mol. The summed E-state index contributed by atoms with van der Waals surface area (Å²) in [7, 11) is -4.07. The van der Waals surface area contributed by atoms with E-state index in [4.69, 9.17) is 0 Å². The number of sulfonamides is 1. The van der Waals surface area contributed by atoms with E-state index >= 15 is 0 Å². The normalized spacial score (nSPS) is 11.9. The second-order valence-electron chi connectivity index (χ2n) is 4.53. The number of nitrogens with one attached hydrogen (secondary N) is 1. The third-order valence-electron chi connectivity index (χ3n) is 2.84. The Morgan fingerprint density at radius 3 is 2.52 bits per heavy atom. The Morgan fingerprint density at radius 2 is 1.96 bits per heavy atom. The highest BCUT2D eigenvalue weighted by atomic mass is 127. The predicted octanol–water partition coefficient (Wildman–Crippen LogP) is 4.78. The first-order valence-electron chi connectivity index (χ1n) is 6.00. The van der Waals surface area contributed by atoms with Crippen molar-refractivity contribution in [1.29, 1.82) is 0 Å². The Morgan fingerprint density at radius 1 is 1.30 bits per heavy atom. The molecule has 0 amide bonds. The maximum atomic E-state index is 13.0. The van der Waals surface area contributed by atoms with Crippen LogP contribution in [0.5, 0.6) is 0 Å². The average molecular weight is 518 g/mol. The Labute approximate surface area is 153 Å². The maximum Gasteiger partial charge on any atom is 0.417 e. The molecule has 122 valence electrons. The van der Waals surface area contributed by atoms with Crippen molar-refractivity contribution in [3.05, 3.63) is 55.6 Å². The van der Waals surface area contributed by atoms with Crippen LogP contribution in [-0.2, 0) is 16.2 Å². The number of benzene rings is 1. The summed E-state index contributed by atoms with van der Waals surface area (Å²) in [5.74, 6) is 0. The largest absolute Gasteiger partial charge is 0.417 e. The lowest BCUT2D eigenvalue weighted by molar-refractivity contribution is -0.138. The minimum atomic E-state index is -4.61. The predicted molar refractivity (Wildman–Crippen MR) is 91.5 cm³/mol. The lowest BCUT2D eigenvalue weighted by atomic mass is 10.2. The molecule has 0 unspecified atom stereocenters. The zero-order valence-electron chi connectivity index (χ0n) is 11.4. The van der Waals surface area contributed by atoms with Gasteiger partial charge in [-0.1, -0.05) is 22.0 Å². The molecule has 0 aromatic heterocycles. The summed E-state index contributed by atoms with van der Waals surface area (Å²) in [6, 6.07) is 9.97. The van der Waals surface area contributed by atoms with Gasteiger partial charge in [-0.15, -0.1) is 0 Å². The van der Waals surface area contributed by atoms with E-state index in [1.54, 1.807) is 29.5 Å². The van der Waals surface area contributed by atoms with Crippen LogP contribution in [0.2, 0.25) is 0 Å².